The number of aliphatic hydroxyl groups is 1. The molecule has 2 rings (SSSR count). The molecule has 0 aliphatic heterocycles. The smallest absolute Gasteiger partial charge is 0.232 e. The number of hydrogen-bond donors (Lipinski definition) is 1. The molecule has 0 saturated heterocycles. The third kappa shape index (κ3) is 1.74. The monoisotopic (exact) mass is 226 g/mol. The molecular weight excluding hydrogens is 208 g/mol. The molecule has 0 aromatic carbocycles. The van der Waals surface area contributed by atoms with Gasteiger partial charge in [0.25, 0.3) is 0 Å². The van der Waals surface area contributed by atoms with Crippen molar-refractivity contribution in [3.63, 3.8) is 0 Å². The van der Waals surface area contributed by atoms with E-state index in [2.05, 4.69) is 10.1 Å². The van der Waals surface area contributed by atoms with Gasteiger partial charge in [-0.1, -0.05) is 12.1 Å². The van der Waals surface area contributed by atoms with Crippen LogP contribution in [0.15, 0.2) is 4.52 Å². The number of nitrogens with zero attached hydrogens (tertiary/aromatic N) is 2. The molecule has 5 nitrogen and oxygen atoms in total. The number of ether oxygens (including phenoxy) is 1. The average Bonchev–Trinajstić information content (AvgIpc) is 2.65. The lowest BCUT2D eigenvalue weighted by Crippen LogP contribution is -2.37. The predicted molar refractivity (Wildman–Crippen MR) is 56.9 cm³/mol. The van der Waals surface area contributed by atoms with E-state index in [4.69, 9.17) is 9.26 Å². The normalized spacial score (nSPS) is 22.5. The van der Waals surface area contributed by atoms with E-state index >= 15 is 0 Å². The number of rotatable bonds is 4. The molecule has 90 valence electrons. The molecule has 0 bridgehead atoms. The van der Waals surface area contributed by atoms with E-state index in [1.807, 2.05) is 6.92 Å². The second-order valence-corrected chi connectivity index (χ2v) is 4.54. The fourth-order valence-electron chi connectivity index (χ4n) is 1.83. The Kier molecular flexibility index (Phi) is 2.99. The minimum atomic E-state index is -0.492. The highest BCUT2D eigenvalue weighted by atomic mass is 16.5. The molecule has 1 saturated carbocycles. The quantitative estimate of drug-likeness (QED) is 0.844. The second kappa shape index (κ2) is 4.14. The SMILES string of the molecule is COC1(c2noc(C(C)C(C)O)n2)CCC1. The van der Waals surface area contributed by atoms with Crippen molar-refractivity contribution in [3.05, 3.63) is 11.7 Å². The van der Waals surface area contributed by atoms with Crippen LogP contribution in [0.4, 0.5) is 0 Å². The fraction of sp³-hybridized carbons (Fsp3) is 0.818. The largest absolute Gasteiger partial charge is 0.393 e. The van der Waals surface area contributed by atoms with E-state index in [0.717, 1.165) is 19.3 Å². The first-order chi connectivity index (χ1) is 7.59. The van der Waals surface area contributed by atoms with Gasteiger partial charge in [-0.25, -0.2) is 0 Å². The Bertz CT molecular complexity index is 352. The Morgan fingerprint density at radius 2 is 2.12 bits per heavy atom. The van der Waals surface area contributed by atoms with Crippen LogP contribution >= 0.6 is 0 Å². The van der Waals surface area contributed by atoms with Crippen LogP contribution in [0.25, 0.3) is 0 Å². The lowest BCUT2D eigenvalue weighted by molar-refractivity contribution is -0.0858. The van der Waals surface area contributed by atoms with Crippen molar-refractivity contribution in [2.24, 2.45) is 0 Å². The standard InChI is InChI=1S/C11H18N2O3/c1-7(8(2)14)9-12-10(13-16-9)11(15-3)5-4-6-11/h7-8,14H,4-6H2,1-3H3. The summed E-state index contributed by atoms with van der Waals surface area (Å²) in [5.74, 6) is 0.951. The maximum atomic E-state index is 9.46. The molecule has 0 amide bonds. The molecule has 1 fully saturated rings. The van der Waals surface area contributed by atoms with Crippen molar-refractivity contribution in [1.29, 1.82) is 0 Å². The van der Waals surface area contributed by atoms with Gasteiger partial charge in [-0.3, -0.25) is 0 Å². The van der Waals surface area contributed by atoms with Crippen LogP contribution < -0.4 is 0 Å². The van der Waals surface area contributed by atoms with Crippen LogP contribution in [-0.4, -0.2) is 28.5 Å². The van der Waals surface area contributed by atoms with Gasteiger partial charge in [0.1, 0.15) is 5.60 Å². The minimum Gasteiger partial charge on any atom is -0.393 e. The Labute approximate surface area is 94.8 Å². The van der Waals surface area contributed by atoms with E-state index in [1.165, 1.54) is 0 Å². The molecule has 5 heteroatoms. The summed E-state index contributed by atoms with van der Waals surface area (Å²) in [6.45, 7) is 3.58. The second-order valence-electron chi connectivity index (χ2n) is 4.54. The number of methoxy groups -OCH3 is 1. The summed E-state index contributed by atoms with van der Waals surface area (Å²) < 4.78 is 10.6. The fourth-order valence-corrected chi connectivity index (χ4v) is 1.83. The highest BCUT2D eigenvalue weighted by molar-refractivity contribution is 5.08. The molecular formula is C11H18N2O3. The summed E-state index contributed by atoms with van der Waals surface area (Å²) in [7, 11) is 1.67. The molecule has 16 heavy (non-hydrogen) atoms. The Hall–Kier alpha value is -0.940. The highest BCUT2D eigenvalue weighted by Crippen LogP contribution is 2.43. The number of aromatic nitrogens is 2. The van der Waals surface area contributed by atoms with Gasteiger partial charge >= 0.3 is 0 Å². The first kappa shape index (κ1) is 11.5. The molecule has 1 aromatic rings. The van der Waals surface area contributed by atoms with Gasteiger partial charge in [0, 0.05) is 7.11 Å². The zero-order valence-electron chi connectivity index (χ0n) is 9.93. The molecule has 1 aromatic heterocycles. The molecule has 1 aliphatic carbocycles. The average molecular weight is 226 g/mol. The molecule has 2 atom stereocenters. The third-order valence-electron chi connectivity index (χ3n) is 3.51. The molecule has 1 heterocycles. The van der Waals surface area contributed by atoms with Crippen molar-refractivity contribution in [1.82, 2.24) is 10.1 Å². The summed E-state index contributed by atoms with van der Waals surface area (Å²) in [6.07, 6.45) is 2.51. The Morgan fingerprint density at radius 1 is 1.44 bits per heavy atom. The topological polar surface area (TPSA) is 68.4 Å². The summed E-state index contributed by atoms with van der Waals surface area (Å²) in [5.41, 5.74) is -0.347. The lowest BCUT2D eigenvalue weighted by atomic mass is 9.79. The van der Waals surface area contributed by atoms with Crippen molar-refractivity contribution >= 4 is 0 Å². The number of hydrogen-bond acceptors (Lipinski definition) is 5. The van der Waals surface area contributed by atoms with Gasteiger partial charge in [0.2, 0.25) is 11.7 Å². The van der Waals surface area contributed by atoms with E-state index in [0.29, 0.717) is 11.7 Å². The van der Waals surface area contributed by atoms with Crippen LogP contribution in [0.5, 0.6) is 0 Å². The number of aliphatic hydroxyl groups excluding tert-OH is 1. The summed E-state index contributed by atoms with van der Waals surface area (Å²) >= 11 is 0. The van der Waals surface area contributed by atoms with E-state index < -0.39 is 6.10 Å². The predicted octanol–water partition coefficient (Wildman–Crippen LogP) is 1.58. The van der Waals surface area contributed by atoms with Crippen LogP contribution in [-0.2, 0) is 10.3 Å². The minimum absolute atomic E-state index is 0.143. The maximum Gasteiger partial charge on any atom is 0.232 e. The van der Waals surface area contributed by atoms with Gasteiger partial charge in [-0.2, -0.15) is 4.98 Å². The zero-order valence-corrected chi connectivity index (χ0v) is 9.93. The van der Waals surface area contributed by atoms with Crippen LogP contribution in [0.2, 0.25) is 0 Å². The van der Waals surface area contributed by atoms with Crippen LogP contribution in [0, 0.1) is 0 Å². The maximum absolute atomic E-state index is 9.46. The molecule has 2 unspecified atom stereocenters. The summed E-state index contributed by atoms with van der Waals surface area (Å²) in [6, 6.07) is 0. The van der Waals surface area contributed by atoms with Gasteiger partial charge in [-0.15, -0.1) is 0 Å². The molecule has 1 aliphatic rings. The molecule has 0 radical (unpaired) electrons. The van der Waals surface area contributed by atoms with Crippen molar-refractivity contribution < 1.29 is 14.4 Å². The van der Waals surface area contributed by atoms with Crippen molar-refractivity contribution in [2.45, 2.75) is 50.7 Å². The van der Waals surface area contributed by atoms with Crippen molar-refractivity contribution in [3.8, 4) is 0 Å². The van der Waals surface area contributed by atoms with Gasteiger partial charge in [-0.05, 0) is 26.2 Å². The third-order valence-corrected chi connectivity index (χ3v) is 3.51. The summed E-state index contributed by atoms with van der Waals surface area (Å²) in [4.78, 5) is 4.33. The Balaban J connectivity index is 2.19. The zero-order chi connectivity index (χ0) is 11.8. The molecule has 0 spiro atoms. The van der Waals surface area contributed by atoms with Crippen LogP contribution in [0.3, 0.4) is 0 Å². The van der Waals surface area contributed by atoms with Crippen molar-refractivity contribution in [2.75, 3.05) is 7.11 Å². The first-order valence-electron chi connectivity index (χ1n) is 5.66. The summed E-state index contributed by atoms with van der Waals surface area (Å²) in [5, 5.41) is 13.4. The highest BCUT2D eigenvalue weighted by Gasteiger charge is 2.43. The first-order valence-corrected chi connectivity index (χ1v) is 5.66. The van der Waals surface area contributed by atoms with Crippen LogP contribution in [0.1, 0.15) is 50.7 Å². The van der Waals surface area contributed by atoms with Gasteiger partial charge in [0.15, 0.2) is 0 Å². The van der Waals surface area contributed by atoms with E-state index in [1.54, 1.807) is 14.0 Å². The van der Waals surface area contributed by atoms with E-state index in [9.17, 15) is 5.11 Å². The molecule has 1 N–H and O–H groups in total. The van der Waals surface area contributed by atoms with Gasteiger partial charge in [0.05, 0.1) is 12.0 Å². The van der Waals surface area contributed by atoms with Gasteiger partial charge < -0.3 is 14.4 Å². The lowest BCUT2D eigenvalue weighted by Gasteiger charge is -2.37. The Morgan fingerprint density at radius 3 is 2.56 bits per heavy atom. The van der Waals surface area contributed by atoms with E-state index in [-0.39, 0.29) is 11.5 Å².